The summed E-state index contributed by atoms with van der Waals surface area (Å²) in [6.45, 7) is 2.69. The molecule has 1 amide bonds. The second-order valence-electron chi connectivity index (χ2n) is 4.22. The number of nitrogens with two attached hydrogens (primary N) is 1. The first-order valence-electron chi connectivity index (χ1n) is 5.78. The fourth-order valence-corrected chi connectivity index (χ4v) is 1.53. The zero-order valence-corrected chi connectivity index (χ0v) is 9.86. The molecule has 2 rings (SSSR count). The molecule has 1 heterocycles. The molecule has 17 heavy (non-hydrogen) atoms. The Morgan fingerprint density at radius 1 is 1.47 bits per heavy atom. The molecule has 1 aromatic rings. The summed E-state index contributed by atoms with van der Waals surface area (Å²) in [7, 11) is 0. The van der Waals surface area contributed by atoms with Gasteiger partial charge in [-0.05, 0) is 12.8 Å². The number of rotatable bonds is 5. The van der Waals surface area contributed by atoms with Gasteiger partial charge >= 0.3 is 0 Å². The van der Waals surface area contributed by atoms with E-state index in [1.54, 1.807) is 6.07 Å². The number of nitrogens with one attached hydrogen (secondary N) is 2. The lowest BCUT2D eigenvalue weighted by atomic mass is 10.4. The first kappa shape index (κ1) is 11.6. The Morgan fingerprint density at radius 2 is 2.24 bits per heavy atom. The van der Waals surface area contributed by atoms with Gasteiger partial charge in [-0.3, -0.25) is 4.79 Å². The maximum Gasteiger partial charge on any atom is 0.216 e. The summed E-state index contributed by atoms with van der Waals surface area (Å²) >= 11 is 0. The predicted octanol–water partition coefficient (Wildman–Crippen LogP) is 0.484. The molecule has 92 valence electrons. The Hall–Kier alpha value is -1.85. The third-order valence-corrected chi connectivity index (χ3v) is 2.51. The van der Waals surface area contributed by atoms with Crippen LogP contribution in [0.5, 0.6) is 0 Å². The fraction of sp³-hybridized carbons (Fsp3) is 0.545. The second-order valence-corrected chi connectivity index (χ2v) is 4.22. The highest BCUT2D eigenvalue weighted by Gasteiger charge is 2.27. The molecule has 4 N–H and O–H groups in total. The molecule has 6 heteroatoms. The Balaban J connectivity index is 1.89. The van der Waals surface area contributed by atoms with E-state index in [-0.39, 0.29) is 5.91 Å². The molecule has 0 aliphatic heterocycles. The van der Waals surface area contributed by atoms with E-state index < -0.39 is 0 Å². The quantitative estimate of drug-likeness (QED) is 0.646. The van der Waals surface area contributed by atoms with E-state index in [0.717, 1.165) is 24.5 Å². The number of aromatic nitrogens is 2. The minimum absolute atomic E-state index is 0.0346. The van der Waals surface area contributed by atoms with Crippen LogP contribution in [0.25, 0.3) is 0 Å². The van der Waals surface area contributed by atoms with Crippen molar-refractivity contribution in [2.75, 3.05) is 24.1 Å². The zero-order chi connectivity index (χ0) is 12.3. The zero-order valence-electron chi connectivity index (χ0n) is 9.86. The van der Waals surface area contributed by atoms with Gasteiger partial charge in [0.05, 0.1) is 0 Å². The normalized spacial score (nSPS) is 14.4. The van der Waals surface area contributed by atoms with Gasteiger partial charge in [0, 0.05) is 32.0 Å². The Kier molecular flexibility index (Phi) is 3.41. The highest BCUT2D eigenvalue weighted by Crippen LogP contribution is 2.38. The molecule has 0 aromatic carbocycles. The van der Waals surface area contributed by atoms with Crippen molar-refractivity contribution >= 4 is 17.5 Å². The van der Waals surface area contributed by atoms with Crippen molar-refractivity contribution in [2.45, 2.75) is 25.7 Å². The van der Waals surface area contributed by atoms with Crippen molar-refractivity contribution in [1.29, 1.82) is 0 Å². The van der Waals surface area contributed by atoms with Gasteiger partial charge in [-0.25, -0.2) is 9.97 Å². The van der Waals surface area contributed by atoms with Crippen molar-refractivity contribution in [3.8, 4) is 0 Å². The third kappa shape index (κ3) is 3.58. The SMILES string of the molecule is CC(=O)NCCNc1cc(N)nc(C2CC2)n1. The molecule has 1 saturated carbocycles. The second kappa shape index (κ2) is 4.99. The van der Waals surface area contributed by atoms with Crippen LogP contribution in [0.1, 0.15) is 31.5 Å². The van der Waals surface area contributed by atoms with Gasteiger partial charge in [0.15, 0.2) is 0 Å². The minimum Gasteiger partial charge on any atom is -0.384 e. The number of nitrogen functional groups attached to an aromatic ring is 1. The van der Waals surface area contributed by atoms with Gasteiger partial charge in [-0.1, -0.05) is 0 Å². The van der Waals surface area contributed by atoms with Crippen LogP contribution in [0.2, 0.25) is 0 Å². The van der Waals surface area contributed by atoms with E-state index in [0.29, 0.717) is 24.8 Å². The number of hydrogen-bond acceptors (Lipinski definition) is 5. The average molecular weight is 235 g/mol. The molecular formula is C11H17N5O. The predicted molar refractivity (Wildman–Crippen MR) is 65.6 cm³/mol. The summed E-state index contributed by atoms with van der Waals surface area (Å²) in [5.74, 6) is 2.49. The maximum atomic E-state index is 10.7. The van der Waals surface area contributed by atoms with Crippen molar-refractivity contribution in [2.24, 2.45) is 0 Å². The first-order chi connectivity index (χ1) is 8.15. The molecule has 6 nitrogen and oxygen atoms in total. The summed E-state index contributed by atoms with van der Waals surface area (Å²) < 4.78 is 0. The Morgan fingerprint density at radius 3 is 2.88 bits per heavy atom. The van der Waals surface area contributed by atoms with Gasteiger partial charge in [-0.15, -0.1) is 0 Å². The Labute approximate surface area is 100 Å². The molecule has 0 saturated heterocycles. The summed E-state index contributed by atoms with van der Waals surface area (Å²) in [4.78, 5) is 19.3. The number of carbonyl (C=O) groups is 1. The fourth-order valence-electron chi connectivity index (χ4n) is 1.53. The number of anilines is 2. The molecule has 0 radical (unpaired) electrons. The van der Waals surface area contributed by atoms with Gasteiger partial charge in [0.1, 0.15) is 17.5 Å². The molecule has 1 aromatic heterocycles. The standard InChI is InChI=1S/C11H17N5O/c1-7(17)13-4-5-14-10-6-9(12)15-11(16-10)8-2-3-8/h6,8H,2-5H2,1H3,(H,13,17)(H3,12,14,15,16). The van der Waals surface area contributed by atoms with Crippen LogP contribution in [0, 0.1) is 0 Å². The first-order valence-corrected chi connectivity index (χ1v) is 5.78. The number of amides is 1. The average Bonchev–Trinajstić information content (AvgIpc) is 3.07. The lowest BCUT2D eigenvalue weighted by Gasteiger charge is -2.08. The number of hydrogen-bond donors (Lipinski definition) is 3. The molecule has 0 unspecified atom stereocenters. The van der Waals surface area contributed by atoms with Crippen LogP contribution in [-0.2, 0) is 4.79 Å². The van der Waals surface area contributed by atoms with Crippen LogP contribution < -0.4 is 16.4 Å². The van der Waals surface area contributed by atoms with Crippen LogP contribution in [0.3, 0.4) is 0 Å². The van der Waals surface area contributed by atoms with Gasteiger partial charge in [-0.2, -0.15) is 0 Å². The van der Waals surface area contributed by atoms with E-state index in [4.69, 9.17) is 5.73 Å². The van der Waals surface area contributed by atoms with Gasteiger partial charge < -0.3 is 16.4 Å². The highest BCUT2D eigenvalue weighted by molar-refractivity contribution is 5.72. The van der Waals surface area contributed by atoms with Crippen LogP contribution in [0.4, 0.5) is 11.6 Å². The van der Waals surface area contributed by atoms with Crippen LogP contribution >= 0.6 is 0 Å². The monoisotopic (exact) mass is 235 g/mol. The highest BCUT2D eigenvalue weighted by atomic mass is 16.1. The van der Waals surface area contributed by atoms with Crippen molar-refractivity contribution in [3.63, 3.8) is 0 Å². The van der Waals surface area contributed by atoms with E-state index in [9.17, 15) is 4.79 Å². The van der Waals surface area contributed by atoms with Crippen molar-refractivity contribution in [3.05, 3.63) is 11.9 Å². The smallest absolute Gasteiger partial charge is 0.216 e. The Bertz CT molecular complexity index is 416. The summed E-state index contributed by atoms with van der Waals surface area (Å²) in [5, 5.41) is 5.82. The van der Waals surface area contributed by atoms with Crippen LogP contribution in [0.15, 0.2) is 6.07 Å². The molecule has 1 aliphatic carbocycles. The van der Waals surface area contributed by atoms with E-state index in [1.165, 1.54) is 6.92 Å². The lowest BCUT2D eigenvalue weighted by molar-refractivity contribution is -0.118. The number of nitrogens with zero attached hydrogens (tertiary/aromatic N) is 2. The molecule has 1 fully saturated rings. The topological polar surface area (TPSA) is 92.9 Å². The largest absolute Gasteiger partial charge is 0.384 e. The molecule has 1 aliphatic rings. The van der Waals surface area contributed by atoms with Crippen molar-refractivity contribution < 1.29 is 4.79 Å². The van der Waals surface area contributed by atoms with Gasteiger partial charge in [0.25, 0.3) is 0 Å². The molecule has 0 bridgehead atoms. The molecule has 0 spiro atoms. The summed E-state index contributed by atoms with van der Waals surface area (Å²) in [6.07, 6.45) is 2.30. The van der Waals surface area contributed by atoms with E-state index in [1.807, 2.05) is 0 Å². The van der Waals surface area contributed by atoms with Crippen LogP contribution in [-0.4, -0.2) is 29.0 Å². The molecular weight excluding hydrogens is 218 g/mol. The number of carbonyl (C=O) groups excluding carboxylic acids is 1. The maximum absolute atomic E-state index is 10.7. The minimum atomic E-state index is -0.0346. The van der Waals surface area contributed by atoms with E-state index >= 15 is 0 Å². The van der Waals surface area contributed by atoms with Crippen molar-refractivity contribution in [1.82, 2.24) is 15.3 Å². The lowest BCUT2D eigenvalue weighted by Crippen LogP contribution is -2.26. The molecule has 0 atom stereocenters. The third-order valence-electron chi connectivity index (χ3n) is 2.51. The van der Waals surface area contributed by atoms with E-state index in [2.05, 4.69) is 20.6 Å². The summed E-state index contributed by atoms with van der Waals surface area (Å²) in [5.41, 5.74) is 5.72. The van der Waals surface area contributed by atoms with Gasteiger partial charge in [0.2, 0.25) is 5.91 Å². The summed E-state index contributed by atoms with van der Waals surface area (Å²) in [6, 6.07) is 1.71.